The van der Waals surface area contributed by atoms with Crippen LogP contribution in [-0.2, 0) is 5.41 Å². The third-order valence-electron chi connectivity index (χ3n) is 9.82. The number of rotatable bonds is 2. The standard InChI is InChI=1S/C41H32N2/c1-25-13-19-39-33(21-25)31-9-5-7-11-37(31)42(39)27-15-17-29-30-18-16-28(24-36(30)41(3,4)35(29)23-27)43-38-12-8-6-10-32(38)34-22-26(2)14-20-40(34)43/h5-24H,1-4H3. The third-order valence-corrected chi connectivity index (χ3v) is 9.82. The molecule has 0 amide bonds. The van der Waals surface area contributed by atoms with E-state index in [-0.39, 0.29) is 5.41 Å². The average molecular weight is 553 g/mol. The highest BCUT2D eigenvalue weighted by Crippen LogP contribution is 2.50. The van der Waals surface area contributed by atoms with Crippen molar-refractivity contribution in [1.82, 2.24) is 9.13 Å². The molecule has 6 aromatic carbocycles. The summed E-state index contributed by atoms with van der Waals surface area (Å²) in [5, 5.41) is 5.22. The minimum atomic E-state index is -0.138. The second-order valence-electron chi connectivity index (χ2n) is 12.8. The zero-order valence-electron chi connectivity index (χ0n) is 24.9. The molecule has 0 unspecified atom stereocenters. The second kappa shape index (κ2) is 8.49. The van der Waals surface area contributed by atoms with Gasteiger partial charge in [0.25, 0.3) is 0 Å². The summed E-state index contributed by atoms with van der Waals surface area (Å²) in [6.07, 6.45) is 0. The molecule has 8 aromatic rings. The van der Waals surface area contributed by atoms with Crippen molar-refractivity contribution in [2.24, 2.45) is 0 Å². The maximum atomic E-state index is 2.44. The molecule has 2 aromatic heterocycles. The summed E-state index contributed by atoms with van der Waals surface area (Å²) in [7, 11) is 0. The van der Waals surface area contributed by atoms with E-state index < -0.39 is 0 Å². The molecule has 2 heteroatoms. The van der Waals surface area contributed by atoms with Gasteiger partial charge in [0.2, 0.25) is 0 Å². The van der Waals surface area contributed by atoms with E-state index in [1.165, 1.54) is 88.4 Å². The Kier molecular flexibility index (Phi) is 4.84. The van der Waals surface area contributed by atoms with Gasteiger partial charge in [-0.15, -0.1) is 0 Å². The van der Waals surface area contributed by atoms with E-state index in [2.05, 4.69) is 158 Å². The zero-order chi connectivity index (χ0) is 29.0. The molecule has 1 aliphatic carbocycles. The van der Waals surface area contributed by atoms with Crippen LogP contribution in [0.25, 0.3) is 66.1 Å². The lowest BCUT2D eigenvalue weighted by Gasteiger charge is -2.23. The molecule has 0 bridgehead atoms. The molecule has 0 saturated heterocycles. The number of benzene rings is 6. The van der Waals surface area contributed by atoms with E-state index in [1.807, 2.05) is 0 Å². The van der Waals surface area contributed by atoms with E-state index in [9.17, 15) is 0 Å². The topological polar surface area (TPSA) is 9.86 Å². The Balaban J connectivity index is 1.24. The second-order valence-corrected chi connectivity index (χ2v) is 12.8. The number of hydrogen-bond acceptors (Lipinski definition) is 0. The molecular weight excluding hydrogens is 520 g/mol. The zero-order valence-corrected chi connectivity index (χ0v) is 24.9. The van der Waals surface area contributed by atoms with Gasteiger partial charge in [0, 0.05) is 38.3 Å². The molecule has 1 aliphatic rings. The molecule has 0 radical (unpaired) electrons. The van der Waals surface area contributed by atoms with Crippen molar-refractivity contribution in [1.29, 1.82) is 0 Å². The van der Waals surface area contributed by atoms with Gasteiger partial charge in [-0.05, 0) is 96.8 Å². The predicted octanol–water partition coefficient (Wildman–Crippen LogP) is 10.8. The van der Waals surface area contributed by atoms with Crippen LogP contribution in [0.3, 0.4) is 0 Å². The molecule has 0 N–H and O–H groups in total. The molecular formula is C41H32N2. The summed E-state index contributed by atoms with van der Waals surface area (Å²) in [4.78, 5) is 0. The molecule has 0 aliphatic heterocycles. The Morgan fingerprint density at radius 1 is 0.419 bits per heavy atom. The van der Waals surface area contributed by atoms with Crippen molar-refractivity contribution in [3.05, 3.63) is 144 Å². The third kappa shape index (κ3) is 3.29. The fourth-order valence-electron chi connectivity index (χ4n) is 7.72. The van der Waals surface area contributed by atoms with Crippen molar-refractivity contribution < 1.29 is 0 Å². The number of aromatic nitrogens is 2. The van der Waals surface area contributed by atoms with Crippen molar-refractivity contribution in [2.45, 2.75) is 33.1 Å². The fraction of sp³-hybridized carbons (Fsp3) is 0.122. The Hall–Kier alpha value is -5.08. The van der Waals surface area contributed by atoms with Crippen molar-refractivity contribution >= 4 is 43.6 Å². The van der Waals surface area contributed by atoms with Gasteiger partial charge in [-0.2, -0.15) is 0 Å². The first-order chi connectivity index (χ1) is 20.9. The van der Waals surface area contributed by atoms with Gasteiger partial charge in [0.15, 0.2) is 0 Å². The Morgan fingerprint density at radius 3 is 1.30 bits per heavy atom. The van der Waals surface area contributed by atoms with Gasteiger partial charge >= 0.3 is 0 Å². The minimum absolute atomic E-state index is 0.138. The molecule has 9 rings (SSSR count). The number of fused-ring (bicyclic) bond motifs is 9. The first-order valence-electron chi connectivity index (χ1n) is 15.2. The van der Waals surface area contributed by atoms with Crippen LogP contribution in [0.4, 0.5) is 0 Å². The number of aryl methyl sites for hydroxylation is 2. The summed E-state index contributed by atoms with van der Waals surface area (Å²) in [6.45, 7) is 9.12. The molecule has 0 spiro atoms. The normalized spacial score (nSPS) is 13.8. The average Bonchev–Trinajstić information content (AvgIpc) is 3.60. The smallest absolute Gasteiger partial charge is 0.0541 e. The summed E-state index contributed by atoms with van der Waals surface area (Å²) < 4.78 is 4.88. The maximum absolute atomic E-state index is 2.44. The molecule has 2 heterocycles. The van der Waals surface area contributed by atoms with Gasteiger partial charge in [-0.25, -0.2) is 0 Å². The summed E-state index contributed by atoms with van der Waals surface area (Å²) in [5.74, 6) is 0. The van der Waals surface area contributed by atoms with Gasteiger partial charge < -0.3 is 9.13 Å². The van der Waals surface area contributed by atoms with Crippen molar-refractivity contribution in [2.75, 3.05) is 0 Å². The van der Waals surface area contributed by atoms with Crippen molar-refractivity contribution in [3.63, 3.8) is 0 Å². The highest BCUT2D eigenvalue weighted by Gasteiger charge is 2.36. The minimum Gasteiger partial charge on any atom is -0.309 e. The summed E-state index contributed by atoms with van der Waals surface area (Å²) in [5.41, 5.74) is 15.3. The molecule has 0 fully saturated rings. The Morgan fingerprint density at radius 2 is 0.837 bits per heavy atom. The number of hydrogen-bond donors (Lipinski definition) is 0. The van der Waals surface area contributed by atoms with Gasteiger partial charge in [0.05, 0.1) is 22.1 Å². The quantitative estimate of drug-likeness (QED) is 0.202. The van der Waals surface area contributed by atoms with Crippen LogP contribution in [0.5, 0.6) is 0 Å². The molecule has 43 heavy (non-hydrogen) atoms. The lowest BCUT2D eigenvalue weighted by molar-refractivity contribution is 0.659. The van der Waals surface area contributed by atoms with Crippen LogP contribution in [-0.4, -0.2) is 9.13 Å². The summed E-state index contributed by atoms with van der Waals surface area (Å²) >= 11 is 0. The van der Waals surface area contributed by atoms with Crippen molar-refractivity contribution in [3.8, 4) is 22.5 Å². The number of para-hydroxylation sites is 2. The predicted molar refractivity (Wildman–Crippen MR) is 182 cm³/mol. The summed E-state index contributed by atoms with van der Waals surface area (Å²) in [6, 6.07) is 45.4. The highest BCUT2D eigenvalue weighted by atomic mass is 15.0. The fourth-order valence-corrected chi connectivity index (χ4v) is 7.72. The van der Waals surface area contributed by atoms with Crippen LogP contribution in [0, 0.1) is 13.8 Å². The largest absolute Gasteiger partial charge is 0.309 e. The highest BCUT2D eigenvalue weighted by molar-refractivity contribution is 6.10. The van der Waals surface area contributed by atoms with Crippen LogP contribution < -0.4 is 0 Å². The van der Waals surface area contributed by atoms with Gasteiger partial charge in [-0.3, -0.25) is 0 Å². The van der Waals surface area contributed by atoms with Crippen LogP contribution in [0.15, 0.2) is 121 Å². The Bertz CT molecular complexity index is 2280. The lowest BCUT2D eigenvalue weighted by atomic mass is 9.82. The molecule has 0 atom stereocenters. The monoisotopic (exact) mass is 552 g/mol. The van der Waals surface area contributed by atoms with Crippen LogP contribution in [0.1, 0.15) is 36.1 Å². The Labute approximate surface area is 251 Å². The van der Waals surface area contributed by atoms with E-state index in [0.717, 1.165) is 0 Å². The SMILES string of the molecule is Cc1ccc2c(c1)c1ccccc1n2-c1ccc2c(c1)C(C)(C)c1cc(-n3c4ccccc4c4cc(C)ccc43)ccc1-2. The van der Waals surface area contributed by atoms with Gasteiger partial charge in [-0.1, -0.05) is 85.6 Å². The first kappa shape index (κ1) is 24.5. The van der Waals surface area contributed by atoms with E-state index in [1.54, 1.807) is 0 Å². The molecule has 206 valence electrons. The number of nitrogens with zero attached hydrogens (tertiary/aromatic N) is 2. The maximum Gasteiger partial charge on any atom is 0.0541 e. The van der Waals surface area contributed by atoms with E-state index in [0.29, 0.717) is 0 Å². The first-order valence-corrected chi connectivity index (χ1v) is 15.2. The van der Waals surface area contributed by atoms with E-state index >= 15 is 0 Å². The lowest BCUT2D eigenvalue weighted by Crippen LogP contribution is -2.16. The van der Waals surface area contributed by atoms with Crippen LogP contribution in [0.2, 0.25) is 0 Å². The molecule has 2 nitrogen and oxygen atoms in total. The van der Waals surface area contributed by atoms with E-state index in [4.69, 9.17) is 0 Å². The van der Waals surface area contributed by atoms with Gasteiger partial charge in [0.1, 0.15) is 0 Å². The molecule has 0 saturated carbocycles. The van der Waals surface area contributed by atoms with Crippen LogP contribution >= 0.6 is 0 Å².